The Kier molecular flexibility index (Phi) is 4.17. The Morgan fingerprint density at radius 3 is 2.62 bits per heavy atom. The van der Waals surface area contributed by atoms with Crippen LogP contribution in [0.3, 0.4) is 0 Å². The normalized spacial score (nSPS) is 16.5. The summed E-state index contributed by atoms with van der Waals surface area (Å²) in [6.07, 6.45) is 1.06. The van der Waals surface area contributed by atoms with E-state index in [4.69, 9.17) is 4.42 Å². The van der Waals surface area contributed by atoms with E-state index < -0.39 is 0 Å². The van der Waals surface area contributed by atoms with Crippen LogP contribution >= 0.6 is 0 Å². The van der Waals surface area contributed by atoms with Crippen molar-refractivity contribution in [2.24, 2.45) is 0 Å². The Bertz CT molecular complexity index is 782. The standard InChI is InChI=1S/C19H20FN3O/c20-16-8-6-15(7-9-16)14-22-10-3-11-23(13-12-22)19-21-17-4-1-2-5-18(17)24-19/h1-2,4-9H,3,10-14H2. The number of benzene rings is 2. The van der Waals surface area contributed by atoms with Crippen LogP contribution in [0, 0.1) is 5.82 Å². The number of halogens is 1. The SMILES string of the molecule is Fc1ccc(CN2CCCN(c3nc4ccccc4o3)CC2)cc1. The van der Waals surface area contributed by atoms with Crippen LogP contribution in [0.25, 0.3) is 11.1 Å². The maximum atomic E-state index is 13.0. The highest BCUT2D eigenvalue weighted by Crippen LogP contribution is 2.22. The van der Waals surface area contributed by atoms with Gasteiger partial charge in [0.2, 0.25) is 0 Å². The molecule has 2 heterocycles. The monoisotopic (exact) mass is 325 g/mol. The van der Waals surface area contributed by atoms with E-state index in [9.17, 15) is 4.39 Å². The van der Waals surface area contributed by atoms with Crippen LogP contribution in [-0.4, -0.2) is 36.1 Å². The summed E-state index contributed by atoms with van der Waals surface area (Å²) in [5.41, 5.74) is 2.88. The van der Waals surface area contributed by atoms with Gasteiger partial charge in [-0.05, 0) is 36.2 Å². The van der Waals surface area contributed by atoms with Gasteiger partial charge in [-0.2, -0.15) is 4.98 Å². The number of rotatable bonds is 3. The highest BCUT2D eigenvalue weighted by molar-refractivity contribution is 5.74. The lowest BCUT2D eigenvalue weighted by Gasteiger charge is -2.20. The number of fused-ring (bicyclic) bond motifs is 1. The molecule has 0 spiro atoms. The molecule has 0 atom stereocenters. The Labute approximate surface area is 140 Å². The Balaban J connectivity index is 1.43. The van der Waals surface area contributed by atoms with Gasteiger partial charge in [0, 0.05) is 32.7 Å². The lowest BCUT2D eigenvalue weighted by Crippen LogP contribution is -2.30. The van der Waals surface area contributed by atoms with E-state index in [1.54, 1.807) is 0 Å². The first-order chi connectivity index (χ1) is 11.8. The fourth-order valence-corrected chi connectivity index (χ4v) is 3.16. The first-order valence-electron chi connectivity index (χ1n) is 8.35. The zero-order valence-electron chi connectivity index (χ0n) is 13.5. The molecule has 1 fully saturated rings. The largest absolute Gasteiger partial charge is 0.423 e. The molecule has 1 aliphatic heterocycles. The third-order valence-electron chi connectivity index (χ3n) is 4.46. The van der Waals surface area contributed by atoms with Crippen molar-refractivity contribution in [1.29, 1.82) is 0 Å². The molecule has 4 rings (SSSR count). The zero-order chi connectivity index (χ0) is 16.4. The number of oxazole rings is 1. The van der Waals surface area contributed by atoms with Crippen LogP contribution in [0.4, 0.5) is 10.4 Å². The first kappa shape index (κ1) is 15.1. The Morgan fingerprint density at radius 1 is 0.958 bits per heavy atom. The van der Waals surface area contributed by atoms with E-state index in [0.29, 0.717) is 6.01 Å². The van der Waals surface area contributed by atoms with Crippen LogP contribution in [-0.2, 0) is 6.54 Å². The molecule has 124 valence electrons. The van der Waals surface area contributed by atoms with Crippen LogP contribution in [0.1, 0.15) is 12.0 Å². The molecule has 5 heteroatoms. The molecule has 0 unspecified atom stereocenters. The van der Waals surface area contributed by atoms with Crippen LogP contribution in [0.2, 0.25) is 0 Å². The number of hydrogen-bond acceptors (Lipinski definition) is 4. The quantitative estimate of drug-likeness (QED) is 0.735. The van der Waals surface area contributed by atoms with E-state index in [0.717, 1.165) is 55.8 Å². The van der Waals surface area contributed by atoms with E-state index in [1.807, 2.05) is 36.4 Å². The molecule has 1 aliphatic rings. The minimum absolute atomic E-state index is 0.184. The summed E-state index contributed by atoms with van der Waals surface area (Å²) < 4.78 is 18.9. The van der Waals surface area contributed by atoms with Crippen molar-refractivity contribution in [3.05, 3.63) is 59.9 Å². The molecule has 0 amide bonds. The van der Waals surface area contributed by atoms with Crippen LogP contribution in [0.5, 0.6) is 0 Å². The summed E-state index contributed by atoms with van der Waals surface area (Å²) in [6.45, 7) is 4.63. The van der Waals surface area contributed by atoms with E-state index in [1.165, 1.54) is 12.1 Å². The molecule has 0 N–H and O–H groups in total. The topological polar surface area (TPSA) is 32.5 Å². The number of anilines is 1. The number of nitrogens with zero attached hydrogens (tertiary/aromatic N) is 3. The Morgan fingerprint density at radius 2 is 1.79 bits per heavy atom. The van der Waals surface area contributed by atoms with E-state index >= 15 is 0 Å². The molecule has 0 radical (unpaired) electrons. The fraction of sp³-hybridized carbons (Fsp3) is 0.316. The minimum atomic E-state index is -0.184. The van der Waals surface area contributed by atoms with Gasteiger partial charge in [-0.3, -0.25) is 4.90 Å². The van der Waals surface area contributed by atoms with Gasteiger partial charge in [0.25, 0.3) is 6.01 Å². The second-order valence-corrected chi connectivity index (χ2v) is 6.21. The lowest BCUT2D eigenvalue weighted by atomic mass is 10.2. The van der Waals surface area contributed by atoms with Crippen LogP contribution < -0.4 is 4.90 Å². The third-order valence-corrected chi connectivity index (χ3v) is 4.46. The molecule has 4 nitrogen and oxygen atoms in total. The van der Waals surface area contributed by atoms with Crippen LogP contribution in [0.15, 0.2) is 52.9 Å². The van der Waals surface area contributed by atoms with Crippen molar-refractivity contribution in [3.8, 4) is 0 Å². The van der Waals surface area contributed by atoms with Crippen molar-refractivity contribution in [2.45, 2.75) is 13.0 Å². The molecular formula is C19H20FN3O. The minimum Gasteiger partial charge on any atom is -0.423 e. The van der Waals surface area contributed by atoms with E-state index in [2.05, 4.69) is 14.8 Å². The smallest absolute Gasteiger partial charge is 0.298 e. The number of para-hydroxylation sites is 2. The maximum absolute atomic E-state index is 13.0. The predicted octanol–water partition coefficient (Wildman–Crippen LogP) is 3.68. The first-order valence-corrected chi connectivity index (χ1v) is 8.35. The summed E-state index contributed by atoms with van der Waals surface area (Å²) in [5.74, 6) is -0.184. The highest BCUT2D eigenvalue weighted by Gasteiger charge is 2.19. The van der Waals surface area contributed by atoms with Crippen molar-refractivity contribution in [1.82, 2.24) is 9.88 Å². The summed E-state index contributed by atoms with van der Waals surface area (Å²) in [4.78, 5) is 9.21. The second-order valence-electron chi connectivity index (χ2n) is 6.21. The van der Waals surface area contributed by atoms with Crippen molar-refractivity contribution >= 4 is 17.1 Å². The van der Waals surface area contributed by atoms with Crippen molar-refractivity contribution in [3.63, 3.8) is 0 Å². The Hall–Kier alpha value is -2.40. The summed E-state index contributed by atoms with van der Waals surface area (Å²) in [6, 6.07) is 15.3. The molecule has 0 bridgehead atoms. The average Bonchev–Trinajstić information content (AvgIpc) is 2.90. The molecule has 0 aliphatic carbocycles. The van der Waals surface area contributed by atoms with Crippen molar-refractivity contribution in [2.75, 3.05) is 31.1 Å². The highest BCUT2D eigenvalue weighted by atomic mass is 19.1. The molecule has 3 aromatic rings. The molecule has 24 heavy (non-hydrogen) atoms. The number of aromatic nitrogens is 1. The molecular weight excluding hydrogens is 305 g/mol. The van der Waals surface area contributed by atoms with Gasteiger partial charge in [-0.25, -0.2) is 4.39 Å². The average molecular weight is 325 g/mol. The van der Waals surface area contributed by atoms with Gasteiger partial charge in [0.15, 0.2) is 5.58 Å². The lowest BCUT2D eigenvalue weighted by molar-refractivity contribution is 0.285. The summed E-state index contributed by atoms with van der Waals surface area (Å²) >= 11 is 0. The van der Waals surface area contributed by atoms with Gasteiger partial charge < -0.3 is 9.32 Å². The molecule has 0 saturated carbocycles. The van der Waals surface area contributed by atoms with E-state index in [-0.39, 0.29) is 5.82 Å². The van der Waals surface area contributed by atoms with Gasteiger partial charge in [-0.1, -0.05) is 24.3 Å². The zero-order valence-corrected chi connectivity index (χ0v) is 13.5. The van der Waals surface area contributed by atoms with Gasteiger partial charge >= 0.3 is 0 Å². The predicted molar refractivity (Wildman–Crippen MR) is 92.5 cm³/mol. The van der Waals surface area contributed by atoms with Crippen molar-refractivity contribution < 1.29 is 8.81 Å². The van der Waals surface area contributed by atoms with Gasteiger partial charge in [0.05, 0.1) is 0 Å². The third kappa shape index (κ3) is 3.26. The molecule has 1 saturated heterocycles. The molecule has 1 aromatic heterocycles. The fourth-order valence-electron chi connectivity index (χ4n) is 3.16. The summed E-state index contributed by atoms with van der Waals surface area (Å²) in [5, 5.41) is 0. The number of hydrogen-bond donors (Lipinski definition) is 0. The van der Waals surface area contributed by atoms with Gasteiger partial charge in [-0.15, -0.1) is 0 Å². The second kappa shape index (κ2) is 6.61. The van der Waals surface area contributed by atoms with Gasteiger partial charge in [0.1, 0.15) is 11.3 Å². The molecule has 2 aromatic carbocycles. The maximum Gasteiger partial charge on any atom is 0.298 e. The summed E-state index contributed by atoms with van der Waals surface area (Å²) in [7, 11) is 0.